The van der Waals surface area contributed by atoms with Gasteiger partial charge in [0.15, 0.2) is 0 Å². The molecule has 2 aromatic carbocycles. The number of benzene rings is 2. The minimum atomic E-state index is -0.461. The highest BCUT2D eigenvalue weighted by atomic mass is 19.1. The number of aliphatic hydroxyl groups excluding tert-OH is 1. The van der Waals surface area contributed by atoms with E-state index in [1.807, 2.05) is 0 Å². The fourth-order valence-electron chi connectivity index (χ4n) is 1.78. The largest absolute Gasteiger partial charge is 0.489 e. The molecule has 0 atom stereocenters. The molecule has 2 rings (SSSR count). The molecule has 0 fully saturated rings. The molecule has 1 N–H and O–H groups in total. The van der Waals surface area contributed by atoms with Crippen molar-refractivity contribution in [2.24, 2.45) is 0 Å². The first-order valence-corrected chi connectivity index (χ1v) is 5.86. The average molecular weight is 264 g/mol. The smallest absolute Gasteiger partial charge is 0.127 e. The first kappa shape index (κ1) is 13.5. The topological polar surface area (TPSA) is 29.5 Å². The Morgan fingerprint density at radius 1 is 1.05 bits per heavy atom. The Balaban J connectivity index is 2.12. The Labute approximate surface area is 110 Å². The van der Waals surface area contributed by atoms with Gasteiger partial charge in [0.25, 0.3) is 0 Å². The van der Waals surface area contributed by atoms with Crippen molar-refractivity contribution in [2.45, 2.75) is 20.1 Å². The van der Waals surface area contributed by atoms with E-state index in [4.69, 9.17) is 9.84 Å². The highest BCUT2D eigenvalue weighted by Gasteiger charge is 2.04. The molecule has 0 unspecified atom stereocenters. The maximum Gasteiger partial charge on any atom is 0.127 e. The van der Waals surface area contributed by atoms with Gasteiger partial charge in [-0.25, -0.2) is 8.78 Å². The third-order valence-corrected chi connectivity index (χ3v) is 2.81. The van der Waals surface area contributed by atoms with Crippen molar-refractivity contribution in [3.05, 3.63) is 64.7 Å². The van der Waals surface area contributed by atoms with E-state index < -0.39 is 5.82 Å². The van der Waals surface area contributed by atoms with Crippen molar-refractivity contribution in [3.63, 3.8) is 0 Å². The third kappa shape index (κ3) is 3.51. The quantitative estimate of drug-likeness (QED) is 0.917. The number of hydrogen-bond acceptors (Lipinski definition) is 2. The van der Waals surface area contributed by atoms with Crippen LogP contribution in [0.3, 0.4) is 0 Å². The second-order valence-corrected chi connectivity index (χ2v) is 4.31. The molecule has 0 saturated carbocycles. The van der Waals surface area contributed by atoms with Crippen LogP contribution in [0.15, 0.2) is 36.4 Å². The van der Waals surface area contributed by atoms with Crippen molar-refractivity contribution >= 4 is 0 Å². The van der Waals surface area contributed by atoms with Crippen LogP contribution in [0.1, 0.15) is 16.7 Å². The van der Waals surface area contributed by atoms with E-state index in [0.717, 1.165) is 11.1 Å². The summed E-state index contributed by atoms with van der Waals surface area (Å²) in [4.78, 5) is 0. The average Bonchev–Trinajstić information content (AvgIpc) is 2.37. The molecule has 4 heteroatoms. The van der Waals surface area contributed by atoms with Crippen LogP contribution in [0.25, 0.3) is 0 Å². The van der Waals surface area contributed by atoms with Crippen molar-refractivity contribution in [1.82, 2.24) is 0 Å². The van der Waals surface area contributed by atoms with Crippen LogP contribution < -0.4 is 4.74 Å². The summed E-state index contributed by atoms with van der Waals surface area (Å²) in [6.45, 7) is 1.76. The zero-order chi connectivity index (χ0) is 13.8. The zero-order valence-corrected chi connectivity index (χ0v) is 10.5. The second-order valence-electron chi connectivity index (χ2n) is 4.31. The maximum absolute atomic E-state index is 13.2. The standard InChI is InChI=1S/C15H14F2O2/c1-10-4-13(16)3-2-12(10)9-19-15-6-11(8-18)5-14(17)7-15/h2-7,18H,8-9H2,1H3. The normalized spacial score (nSPS) is 10.5. The van der Waals surface area contributed by atoms with Crippen molar-refractivity contribution < 1.29 is 18.6 Å². The van der Waals surface area contributed by atoms with Crippen molar-refractivity contribution in [2.75, 3.05) is 0 Å². The lowest BCUT2D eigenvalue weighted by Gasteiger charge is -2.10. The van der Waals surface area contributed by atoms with Gasteiger partial charge >= 0.3 is 0 Å². The van der Waals surface area contributed by atoms with Crippen LogP contribution in [-0.2, 0) is 13.2 Å². The van der Waals surface area contributed by atoms with Gasteiger partial charge in [0.2, 0.25) is 0 Å². The number of aliphatic hydroxyl groups is 1. The van der Waals surface area contributed by atoms with Crippen molar-refractivity contribution in [3.8, 4) is 5.75 Å². The molecule has 0 aliphatic carbocycles. The highest BCUT2D eigenvalue weighted by Crippen LogP contribution is 2.19. The lowest BCUT2D eigenvalue weighted by molar-refractivity contribution is 0.276. The molecule has 100 valence electrons. The lowest BCUT2D eigenvalue weighted by atomic mass is 10.1. The maximum atomic E-state index is 13.2. The minimum absolute atomic E-state index is 0.223. The van der Waals surface area contributed by atoms with Crippen LogP contribution in [-0.4, -0.2) is 5.11 Å². The van der Waals surface area contributed by atoms with Gasteiger partial charge in [-0.3, -0.25) is 0 Å². The molecule has 0 aliphatic rings. The molecule has 0 spiro atoms. The Kier molecular flexibility index (Phi) is 4.12. The summed E-state index contributed by atoms with van der Waals surface area (Å²) < 4.78 is 31.6. The Bertz CT molecular complexity index is 582. The van der Waals surface area contributed by atoms with E-state index >= 15 is 0 Å². The first-order chi connectivity index (χ1) is 9.08. The van der Waals surface area contributed by atoms with E-state index in [2.05, 4.69) is 0 Å². The van der Waals surface area contributed by atoms with Crippen LogP contribution in [0, 0.1) is 18.6 Å². The lowest BCUT2D eigenvalue weighted by Crippen LogP contribution is -1.99. The molecule has 2 aromatic rings. The summed E-state index contributed by atoms with van der Waals surface area (Å²) in [5, 5.41) is 8.98. The second kappa shape index (κ2) is 5.80. The third-order valence-electron chi connectivity index (χ3n) is 2.81. The van der Waals surface area contributed by atoms with E-state index in [-0.39, 0.29) is 19.0 Å². The Morgan fingerprint density at radius 2 is 1.84 bits per heavy atom. The summed E-state index contributed by atoms with van der Waals surface area (Å²) in [6.07, 6.45) is 0. The van der Waals surface area contributed by atoms with Gasteiger partial charge in [0, 0.05) is 6.07 Å². The monoisotopic (exact) mass is 264 g/mol. The number of halogens is 2. The molecule has 0 aromatic heterocycles. The van der Waals surface area contributed by atoms with Gasteiger partial charge < -0.3 is 9.84 Å². The zero-order valence-electron chi connectivity index (χ0n) is 10.5. The van der Waals surface area contributed by atoms with E-state index in [0.29, 0.717) is 11.3 Å². The van der Waals surface area contributed by atoms with E-state index in [9.17, 15) is 8.78 Å². The molecule has 0 radical (unpaired) electrons. The van der Waals surface area contributed by atoms with Crippen molar-refractivity contribution in [1.29, 1.82) is 0 Å². The molecule has 0 bridgehead atoms. The number of aryl methyl sites for hydroxylation is 1. The Hall–Kier alpha value is -1.94. The predicted octanol–water partition coefficient (Wildman–Crippen LogP) is 3.34. The van der Waals surface area contributed by atoms with Gasteiger partial charge in [-0.15, -0.1) is 0 Å². The molecular weight excluding hydrogens is 250 g/mol. The van der Waals surface area contributed by atoms with E-state index in [1.165, 1.54) is 24.3 Å². The molecule has 0 aliphatic heterocycles. The fraction of sp³-hybridized carbons (Fsp3) is 0.200. The summed E-state index contributed by atoms with van der Waals surface area (Å²) in [5.74, 6) is -0.417. The molecule has 2 nitrogen and oxygen atoms in total. The fourth-order valence-corrected chi connectivity index (χ4v) is 1.78. The van der Waals surface area contributed by atoms with Gasteiger partial charge in [-0.1, -0.05) is 6.07 Å². The van der Waals surface area contributed by atoms with Gasteiger partial charge in [0.05, 0.1) is 6.61 Å². The highest BCUT2D eigenvalue weighted by molar-refractivity contribution is 5.31. The van der Waals surface area contributed by atoms with Crippen LogP contribution in [0.4, 0.5) is 8.78 Å². The minimum Gasteiger partial charge on any atom is -0.489 e. The molecule has 19 heavy (non-hydrogen) atoms. The van der Waals surface area contributed by atoms with Gasteiger partial charge in [-0.05, 0) is 47.9 Å². The van der Waals surface area contributed by atoms with Crippen LogP contribution in [0.2, 0.25) is 0 Å². The number of rotatable bonds is 4. The van der Waals surface area contributed by atoms with E-state index in [1.54, 1.807) is 19.1 Å². The summed E-state index contributed by atoms with van der Waals surface area (Å²) in [5.41, 5.74) is 2.06. The van der Waals surface area contributed by atoms with Gasteiger partial charge in [0.1, 0.15) is 24.0 Å². The molecule has 0 amide bonds. The molecular formula is C15H14F2O2. The van der Waals surface area contributed by atoms with Crippen LogP contribution >= 0.6 is 0 Å². The number of hydrogen-bond donors (Lipinski definition) is 1. The van der Waals surface area contributed by atoms with Crippen LogP contribution in [0.5, 0.6) is 5.75 Å². The predicted molar refractivity (Wildman–Crippen MR) is 67.8 cm³/mol. The molecule has 0 heterocycles. The van der Waals surface area contributed by atoms with Gasteiger partial charge in [-0.2, -0.15) is 0 Å². The SMILES string of the molecule is Cc1cc(F)ccc1COc1cc(F)cc(CO)c1. The summed E-state index contributed by atoms with van der Waals surface area (Å²) >= 11 is 0. The summed E-state index contributed by atoms with van der Waals surface area (Å²) in [6, 6.07) is 8.48. The first-order valence-electron chi connectivity index (χ1n) is 5.86. The Morgan fingerprint density at radius 3 is 2.53 bits per heavy atom. The number of ether oxygens (including phenoxy) is 1. The summed E-state index contributed by atoms with van der Waals surface area (Å²) in [7, 11) is 0. The molecule has 0 saturated heterocycles.